The van der Waals surface area contributed by atoms with E-state index in [9.17, 15) is 9.18 Å². The fraction of sp³-hybridized carbons (Fsp3) is 0.0435. The van der Waals surface area contributed by atoms with Gasteiger partial charge in [0.25, 0.3) is 0 Å². The van der Waals surface area contributed by atoms with Crippen LogP contribution in [-0.2, 0) is 16.1 Å². The van der Waals surface area contributed by atoms with E-state index < -0.39 is 5.97 Å². The summed E-state index contributed by atoms with van der Waals surface area (Å²) >= 11 is 5.67. The summed E-state index contributed by atoms with van der Waals surface area (Å²) in [5, 5.41) is 0. The fourth-order valence-corrected chi connectivity index (χ4v) is 3.53. The van der Waals surface area contributed by atoms with Crippen molar-refractivity contribution >= 4 is 56.5 Å². The zero-order valence-corrected chi connectivity index (χ0v) is 19.2. The molecule has 4 rings (SSSR count). The minimum absolute atomic E-state index is 0.0719. The molecule has 0 spiro atoms. The summed E-state index contributed by atoms with van der Waals surface area (Å²) in [6, 6.07) is 19.2. The van der Waals surface area contributed by atoms with Crippen molar-refractivity contribution in [1.82, 2.24) is 0 Å². The van der Waals surface area contributed by atoms with Crippen LogP contribution in [0.25, 0.3) is 6.08 Å². The van der Waals surface area contributed by atoms with E-state index in [1.807, 2.05) is 30.3 Å². The number of hydrogen-bond donors (Lipinski definition) is 0. The van der Waals surface area contributed by atoms with Crippen LogP contribution in [0.5, 0.6) is 5.75 Å². The van der Waals surface area contributed by atoms with Crippen LogP contribution in [0.2, 0.25) is 0 Å². The second kappa shape index (κ2) is 9.09. The zero-order chi connectivity index (χ0) is 21.1. The van der Waals surface area contributed by atoms with Crippen LogP contribution in [0.3, 0.4) is 0 Å². The van der Waals surface area contributed by atoms with Crippen molar-refractivity contribution < 1.29 is 18.7 Å². The highest BCUT2D eigenvalue weighted by atomic mass is 127. The first kappa shape index (κ1) is 20.7. The third-order valence-electron chi connectivity index (χ3n) is 4.34. The monoisotopic (exact) mass is 577 g/mol. The molecule has 0 N–H and O–H groups in total. The molecule has 0 aromatic heterocycles. The summed E-state index contributed by atoms with van der Waals surface area (Å²) in [4.78, 5) is 16.7. The highest BCUT2D eigenvalue weighted by molar-refractivity contribution is 14.1. The van der Waals surface area contributed by atoms with Gasteiger partial charge in [-0.2, -0.15) is 0 Å². The van der Waals surface area contributed by atoms with Gasteiger partial charge in [-0.25, -0.2) is 14.2 Å². The Kier molecular flexibility index (Phi) is 6.29. The van der Waals surface area contributed by atoms with E-state index in [2.05, 4.69) is 43.5 Å². The van der Waals surface area contributed by atoms with E-state index >= 15 is 0 Å². The number of carbonyl (C=O) groups is 1. The standard InChI is InChI=1S/C23H14BrFINO3/c24-17-11-15(9-10-19(17)26)22-27-20(23(28)30-22)12-14-5-2-4-8-21(14)29-13-16-6-1-3-7-18(16)25/h1-12H,13H2/b20-12-. The van der Waals surface area contributed by atoms with E-state index in [0.29, 0.717) is 22.4 Å². The lowest BCUT2D eigenvalue weighted by Gasteiger charge is -2.10. The molecule has 1 aliphatic rings. The van der Waals surface area contributed by atoms with Crippen LogP contribution in [0, 0.1) is 9.39 Å². The predicted molar refractivity (Wildman–Crippen MR) is 125 cm³/mol. The number of para-hydroxylation sites is 1. The van der Waals surface area contributed by atoms with Crippen LogP contribution >= 0.6 is 38.5 Å². The van der Waals surface area contributed by atoms with Gasteiger partial charge >= 0.3 is 5.97 Å². The van der Waals surface area contributed by atoms with Crippen LogP contribution in [-0.4, -0.2) is 11.9 Å². The van der Waals surface area contributed by atoms with Gasteiger partial charge in [0.05, 0.1) is 0 Å². The molecule has 0 amide bonds. The number of hydrogen-bond acceptors (Lipinski definition) is 4. The molecule has 0 unspecified atom stereocenters. The van der Waals surface area contributed by atoms with Gasteiger partial charge in [-0.15, -0.1) is 0 Å². The van der Waals surface area contributed by atoms with Crippen molar-refractivity contribution in [1.29, 1.82) is 0 Å². The molecule has 0 atom stereocenters. The molecule has 1 heterocycles. The first-order valence-corrected chi connectivity index (χ1v) is 10.8. The van der Waals surface area contributed by atoms with E-state index in [0.717, 1.165) is 8.04 Å². The zero-order valence-electron chi connectivity index (χ0n) is 15.4. The molecule has 3 aromatic carbocycles. The van der Waals surface area contributed by atoms with Crippen molar-refractivity contribution in [3.05, 3.63) is 103 Å². The van der Waals surface area contributed by atoms with E-state index in [1.54, 1.807) is 36.4 Å². The van der Waals surface area contributed by atoms with Crippen LogP contribution < -0.4 is 4.74 Å². The molecule has 4 nitrogen and oxygen atoms in total. The molecule has 0 saturated carbocycles. The molecule has 0 aliphatic carbocycles. The summed E-state index contributed by atoms with van der Waals surface area (Å²) in [7, 11) is 0. The van der Waals surface area contributed by atoms with E-state index in [1.165, 1.54) is 6.07 Å². The van der Waals surface area contributed by atoms with Gasteiger partial charge in [0.2, 0.25) is 5.90 Å². The second-order valence-corrected chi connectivity index (χ2v) is 8.40. The Morgan fingerprint density at radius 1 is 1.10 bits per heavy atom. The summed E-state index contributed by atoms with van der Waals surface area (Å²) in [6.07, 6.45) is 1.60. The number of benzene rings is 3. The van der Waals surface area contributed by atoms with Crippen LogP contribution in [0.1, 0.15) is 16.7 Å². The molecular formula is C23H14BrFINO3. The molecule has 0 fully saturated rings. The van der Waals surface area contributed by atoms with E-state index in [-0.39, 0.29) is 24.0 Å². The summed E-state index contributed by atoms with van der Waals surface area (Å²) in [6.45, 7) is 0.0719. The summed E-state index contributed by atoms with van der Waals surface area (Å²) in [5.74, 6) is -0.107. The highest BCUT2D eigenvalue weighted by Gasteiger charge is 2.25. The molecule has 7 heteroatoms. The van der Waals surface area contributed by atoms with Crippen LogP contribution in [0.4, 0.5) is 4.39 Å². The third kappa shape index (κ3) is 4.62. The Bertz CT molecular complexity index is 1190. The minimum Gasteiger partial charge on any atom is -0.488 e. The quantitative estimate of drug-likeness (QED) is 0.209. The SMILES string of the molecule is O=C1OC(c2ccc(I)c(Br)c2)=N/C1=C\c1ccccc1OCc1ccccc1F. The maximum absolute atomic E-state index is 13.9. The number of carbonyl (C=O) groups excluding carboxylic acids is 1. The van der Waals surface area contributed by atoms with Gasteiger partial charge in [0.15, 0.2) is 5.70 Å². The lowest BCUT2D eigenvalue weighted by atomic mass is 10.1. The molecule has 0 saturated heterocycles. The van der Waals surface area contributed by atoms with Crippen molar-refractivity contribution in [2.75, 3.05) is 0 Å². The van der Waals surface area contributed by atoms with Gasteiger partial charge in [-0.3, -0.25) is 0 Å². The molecular weight excluding hydrogens is 564 g/mol. The first-order chi connectivity index (χ1) is 14.5. The molecule has 150 valence electrons. The Morgan fingerprint density at radius 2 is 1.87 bits per heavy atom. The Morgan fingerprint density at radius 3 is 2.67 bits per heavy atom. The Hall–Kier alpha value is -2.52. The van der Waals surface area contributed by atoms with Gasteiger partial charge < -0.3 is 9.47 Å². The van der Waals surface area contributed by atoms with Gasteiger partial charge in [0, 0.05) is 24.7 Å². The molecule has 0 radical (unpaired) electrons. The van der Waals surface area contributed by atoms with Gasteiger partial charge in [0.1, 0.15) is 18.2 Å². The Labute approximate surface area is 194 Å². The molecule has 1 aliphatic heterocycles. The number of aliphatic imine (C=N–C) groups is 1. The number of ether oxygens (including phenoxy) is 2. The smallest absolute Gasteiger partial charge is 0.363 e. The topological polar surface area (TPSA) is 47.9 Å². The summed E-state index contributed by atoms with van der Waals surface area (Å²) in [5.41, 5.74) is 1.96. The second-order valence-electron chi connectivity index (χ2n) is 6.38. The Balaban J connectivity index is 1.60. The molecule has 30 heavy (non-hydrogen) atoms. The lowest BCUT2D eigenvalue weighted by Crippen LogP contribution is -2.05. The summed E-state index contributed by atoms with van der Waals surface area (Å²) < 4.78 is 26.9. The number of esters is 1. The number of nitrogens with zero attached hydrogens (tertiary/aromatic N) is 1. The third-order valence-corrected chi connectivity index (χ3v) is 6.68. The lowest BCUT2D eigenvalue weighted by molar-refractivity contribution is -0.129. The number of rotatable bonds is 5. The maximum Gasteiger partial charge on any atom is 0.363 e. The molecule has 3 aromatic rings. The van der Waals surface area contributed by atoms with Crippen molar-refractivity contribution in [3.63, 3.8) is 0 Å². The first-order valence-electron chi connectivity index (χ1n) is 8.94. The van der Waals surface area contributed by atoms with Crippen molar-refractivity contribution in [2.45, 2.75) is 6.61 Å². The number of cyclic esters (lactones) is 1. The van der Waals surface area contributed by atoms with Gasteiger partial charge in [-0.05, 0) is 74.9 Å². The number of halogens is 3. The van der Waals surface area contributed by atoms with Crippen molar-refractivity contribution in [2.24, 2.45) is 4.99 Å². The average molecular weight is 578 g/mol. The maximum atomic E-state index is 13.9. The fourth-order valence-electron chi connectivity index (χ4n) is 2.81. The molecule has 0 bridgehead atoms. The largest absolute Gasteiger partial charge is 0.488 e. The van der Waals surface area contributed by atoms with Crippen molar-refractivity contribution in [3.8, 4) is 5.75 Å². The van der Waals surface area contributed by atoms with E-state index in [4.69, 9.17) is 9.47 Å². The van der Waals surface area contributed by atoms with Crippen LogP contribution in [0.15, 0.2) is 81.9 Å². The predicted octanol–water partition coefficient (Wildman–Crippen LogP) is 6.12. The highest BCUT2D eigenvalue weighted by Crippen LogP contribution is 2.27. The average Bonchev–Trinajstić information content (AvgIpc) is 3.11. The minimum atomic E-state index is -0.538. The van der Waals surface area contributed by atoms with Gasteiger partial charge in [-0.1, -0.05) is 36.4 Å². The normalized spacial score (nSPS) is 14.6.